The third-order valence-corrected chi connectivity index (χ3v) is 4.51. The van der Waals surface area contributed by atoms with E-state index in [0.29, 0.717) is 18.1 Å². The second kappa shape index (κ2) is 6.03. The first-order valence-electron chi connectivity index (χ1n) is 7.20. The van der Waals surface area contributed by atoms with Gasteiger partial charge in [-0.2, -0.15) is 0 Å². The molecule has 0 bridgehead atoms. The quantitative estimate of drug-likeness (QED) is 0.894. The van der Waals surface area contributed by atoms with Crippen LogP contribution in [-0.4, -0.2) is 53.9 Å². The molecular formula is C14H23N3O2. The van der Waals surface area contributed by atoms with Crippen molar-refractivity contribution in [2.75, 3.05) is 26.9 Å². The molecule has 0 unspecified atom stereocenters. The molecule has 3 rings (SSSR count). The highest BCUT2D eigenvalue weighted by Crippen LogP contribution is 2.34. The van der Waals surface area contributed by atoms with Crippen LogP contribution in [0.25, 0.3) is 0 Å². The fourth-order valence-corrected chi connectivity index (χ4v) is 3.53. The highest BCUT2D eigenvalue weighted by atomic mass is 16.5. The molecule has 0 spiro atoms. The lowest BCUT2D eigenvalue weighted by atomic mass is 9.94. The molecule has 0 radical (unpaired) electrons. The Balaban J connectivity index is 1.69. The third-order valence-electron chi connectivity index (χ3n) is 4.51. The molecule has 1 saturated heterocycles. The molecular weight excluding hydrogens is 242 g/mol. The maximum atomic E-state index is 5.71. The molecule has 5 nitrogen and oxygen atoms in total. The summed E-state index contributed by atoms with van der Waals surface area (Å²) in [5.41, 5.74) is 1.18. The molecule has 1 aliphatic heterocycles. The Labute approximate surface area is 114 Å². The lowest BCUT2D eigenvalue weighted by Crippen LogP contribution is -2.50. The molecule has 1 aliphatic carbocycles. The number of nitrogens with one attached hydrogen (secondary N) is 1. The summed E-state index contributed by atoms with van der Waals surface area (Å²) in [5.74, 6) is 0.605. The average Bonchev–Trinajstić information content (AvgIpc) is 3.09. The summed E-state index contributed by atoms with van der Waals surface area (Å²) in [5, 5.41) is 0. The van der Waals surface area contributed by atoms with E-state index in [1.165, 1.54) is 25.0 Å². The molecule has 0 aromatic carbocycles. The SMILES string of the molecule is CO[C@@H]1CCC[C@@H]1[C@@H]1COCCN1Cc1cnc[nH]1. The molecule has 1 aromatic rings. The van der Waals surface area contributed by atoms with E-state index in [9.17, 15) is 0 Å². The summed E-state index contributed by atoms with van der Waals surface area (Å²) in [6, 6.07) is 0.476. The third kappa shape index (κ3) is 2.83. The van der Waals surface area contributed by atoms with Gasteiger partial charge < -0.3 is 14.5 Å². The van der Waals surface area contributed by atoms with Crippen LogP contribution in [0, 0.1) is 5.92 Å². The predicted octanol–water partition coefficient (Wildman–Crippen LogP) is 1.43. The van der Waals surface area contributed by atoms with Gasteiger partial charge in [0.15, 0.2) is 0 Å². The Morgan fingerprint density at radius 3 is 3.26 bits per heavy atom. The molecule has 2 aliphatic rings. The zero-order valence-electron chi connectivity index (χ0n) is 11.5. The van der Waals surface area contributed by atoms with Gasteiger partial charge in [-0.15, -0.1) is 0 Å². The van der Waals surface area contributed by atoms with E-state index < -0.39 is 0 Å². The van der Waals surface area contributed by atoms with Gasteiger partial charge in [0.05, 0.1) is 25.6 Å². The molecule has 1 aromatic heterocycles. The van der Waals surface area contributed by atoms with E-state index in [4.69, 9.17) is 9.47 Å². The Hall–Kier alpha value is -0.910. The van der Waals surface area contributed by atoms with Crippen LogP contribution in [0.15, 0.2) is 12.5 Å². The first-order chi connectivity index (χ1) is 9.38. The van der Waals surface area contributed by atoms with Crippen LogP contribution in [0.1, 0.15) is 25.0 Å². The maximum absolute atomic E-state index is 5.71. The lowest BCUT2D eigenvalue weighted by molar-refractivity contribution is -0.0611. The van der Waals surface area contributed by atoms with Crippen LogP contribution < -0.4 is 0 Å². The standard InChI is InChI=1S/C14H23N3O2/c1-18-14-4-2-3-12(14)13-9-19-6-5-17(13)8-11-7-15-10-16-11/h7,10,12-14H,2-6,8-9H2,1H3,(H,15,16)/t12-,13+,14-/m1/s1. The minimum absolute atomic E-state index is 0.399. The molecule has 5 heteroatoms. The maximum Gasteiger partial charge on any atom is 0.0922 e. The molecule has 2 fully saturated rings. The first-order valence-corrected chi connectivity index (χ1v) is 7.20. The average molecular weight is 265 g/mol. The van der Waals surface area contributed by atoms with Gasteiger partial charge in [0.25, 0.3) is 0 Å². The topological polar surface area (TPSA) is 50.4 Å². The molecule has 1 saturated carbocycles. The van der Waals surface area contributed by atoms with Crippen molar-refractivity contribution < 1.29 is 9.47 Å². The summed E-state index contributed by atoms with van der Waals surface area (Å²) in [7, 11) is 1.84. The number of aromatic amines is 1. The van der Waals surface area contributed by atoms with Gasteiger partial charge in [0.2, 0.25) is 0 Å². The number of hydrogen-bond donors (Lipinski definition) is 1. The Morgan fingerprint density at radius 1 is 1.53 bits per heavy atom. The van der Waals surface area contributed by atoms with Crippen LogP contribution in [0.5, 0.6) is 0 Å². The van der Waals surface area contributed by atoms with E-state index in [0.717, 1.165) is 26.3 Å². The van der Waals surface area contributed by atoms with Gasteiger partial charge in [-0.25, -0.2) is 4.98 Å². The number of aromatic nitrogens is 2. The monoisotopic (exact) mass is 265 g/mol. The van der Waals surface area contributed by atoms with Crippen molar-refractivity contribution in [1.82, 2.24) is 14.9 Å². The van der Waals surface area contributed by atoms with Gasteiger partial charge in [0, 0.05) is 44.0 Å². The first kappa shape index (κ1) is 13.1. The van der Waals surface area contributed by atoms with Crippen LogP contribution in [0.3, 0.4) is 0 Å². The van der Waals surface area contributed by atoms with Crippen LogP contribution in [0.2, 0.25) is 0 Å². The summed E-state index contributed by atoms with van der Waals surface area (Å²) in [6.07, 6.45) is 7.78. The Bertz CT molecular complexity index is 382. The number of rotatable bonds is 4. The van der Waals surface area contributed by atoms with Crippen molar-refractivity contribution >= 4 is 0 Å². The van der Waals surface area contributed by atoms with Gasteiger partial charge >= 0.3 is 0 Å². The van der Waals surface area contributed by atoms with Crippen LogP contribution in [-0.2, 0) is 16.0 Å². The summed E-state index contributed by atoms with van der Waals surface area (Å²) < 4.78 is 11.4. The fraction of sp³-hybridized carbons (Fsp3) is 0.786. The number of methoxy groups -OCH3 is 1. The zero-order chi connectivity index (χ0) is 13.1. The van der Waals surface area contributed by atoms with E-state index in [1.54, 1.807) is 6.33 Å². The zero-order valence-corrected chi connectivity index (χ0v) is 11.5. The highest BCUT2D eigenvalue weighted by Gasteiger charge is 2.38. The van der Waals surface area contributed by atoms with Crippen molar-refractivity contribution in [3.05, 3.63) is 18.2 Å². The molecule has 0 amide bonds. The van der Waals surface area contributed by atoms with Crippen molar-refractivity contribution in [2.24, 2.45) is 5.92 Å². The normalized spacial score (nSPS) is 32.8. The Kier molecular flexibility index (Phi) is 4.15. The van der Waals surface area contributed by atoms with Gasteiger partial charge in [-0.3, -0.25) is 4.90 Å². The second-order valence-electron chi connectivity index (χ2n) is 5.56. The van der Waals surface area contributed by atoms with Crippen LogP contribution >= 0.6 is 0 Å². The van der Waals surface area contributed by atoms with E-state index in [1.807, 2.05) is 13.3 Å². The minimum atomic E-state index is 0.399. The minimum Gasteiger partial charge on any atom is -0.381 e. The van der Waals surface area contributed by atoms with Gasteiger partial charge in [0.1, 0.15) is 0 Å². The van der Waals surface area contributed by atoms with Crippen molar-refractivity contribution in [1.29, 1.82) is 0 Å². The highest BCUT2D eigenvalue weighted by molar-refractivity contribution is 4.97. The lowest BCUT2D eigenvalue weighted by Gasteiger charge is -2.40. The number of nitrogens with zero attached hydrogens (tertiary/aromatic N) is 2. The largest absolute Gasteiger partial charge is 0.381 e. The molecule has 106 valence electrons. The summed E-state index contributed by atoms with van der Waals surface area (Å²) >= 11 is 0. The molecule has 1 N–H and O–H groups in total. The number of ether oxygens (including phenoxy) is 2. The van der Waals surface area contributed by atoms with E-state index in [2.05, 4.69) is 14.9 Å². The van der Waals surface area contributed by atoms with Crippen molar-refractivity contribution in [3.8, 4) is 0 Å². The predicted molar refractivity (Wildman–Crippen MR) is 71.7 cm³/mol. The van der Waals surface area contributed by atoms with Gasteiger partial charge in [-0.1, -0.05) is 6.42 Å². The Morgan fingerprint density at radius 2 is 2.47 bits per heavy atom. The van der Waals surface area contributed by atoms with Crippen LogP contribution in [0.4, 0.5) is 0 Å². The summed E-state index contributed by atoms with van der Waals surface area (Å²) in [6.45, 7) is 3.59. The van der Waals surface area contributed by atoms with E-state index >= 15 is 0 Å². The van der Waals surface area contributed by atoms with E-state index in [-0.39, 0.29) is 0 Å². The molecule has 3 atom stereocenters. The van der Waals surface area contributed by atoms with Crippen molar-refractivity contribution in [2.45, 2.75) is 38.0 Å². The fourth-order valence-electron chi connectivity index (χ4n) is 3.53. The number of morpholine rings is 1. The number of hydrogen-bond acceptors (Lipinski definition) is 4. The van der Waals surface area contributed by atoms with Crippen molar-refractivity contribution in [3.63, 3.8) is 0 Å². The number of H-pyrrole nitrogens is 1. The molecule has 2 heterocycles. The smallest absolute Gasteiger partial charge is 0.0922 e. The second-order valence-corrected chi connectivity index (χ2v) is 5.56. The molecule has 19 heavy (non-hydrogen) atoms. The number of imidazole rings is 1. The van der Waals surface area contributed by atoms with Gasteiger partial charge in [-0.05, 0) is 12.8 Å². The summed E-state index contributed by atoms with van der Waals surface area (Å²) in [4.78, 5) is 9.83.